The van der Waals surface area contributed by atoms with Crippen LogP contribution in [0.1, 0.15) is 74.1 Å². The van der Waals surface area contributed by atoms with E-state index in [4.69, 9.17) is 88.6 Å². The van der Waals surface area contributed by atoms with E-state index in [1.165, 1.54) is 0 Å². The van der Waals surface area contributed by atoms with Gasteiger partial charge in [-0.3, -0.25) is 0 Å². The lowest BCUT2D eigenvalue weighted by molar-refractivity contribution is -0.156. The highest BCUT2D eigenvalue weighted by Gasteiger charge is 2.47. The van der Waals surface area contributed by atoms with Crippen molar-refractivity contribution in [2.75, 3.05) is 13.2 Å². The number of benzene rings is 2. The second-order valence-corrected chi connectivity index (χ2v) is 14.2. The fourth-order valence-corrected chi connectivity index (χ4v) is 6.30. The van der Waals surface area contributed by atoms with Gasteiger partial charge in [-0.05, 0) is 60.5 Å². The van der Waals surface area contributed by atoms with Crippen molar-refractivity contribution in [2.45, 2.75) is 53.4 Å². The quantitative estimate of drug-likeness (QED) is 0.103. The molecule has 14 heteroatoms. The Bertz CT molecular complexity index is 1430. The third kappa shape index (κ3) is 7.54. The maximum atomic E-state index is 13.0. The molecule has 4 unspecified atom stereocenters. The molecule has 0 radical (unpaired) electrons. The van der Waals surface area contributed by atoms with Gasteiger partial charge in [-0.1, -0.05) is 97.3 Å². The minimum Gasteiger partial charge on any atom is -0.462 e. The molecule has 44 heavy (non-hydrogen) atoms. The lowest BCUT2D eigenvalue weighted by Gasteiger charge is -2.16. The number of esters is 4. The maximum Gasteiger partial charge on any atom is 0.423 e. The van der Waals surface area contributed by atoms with E-state index in [9.17, 15) is 19.2 Å². The van der Waals surface area contributed by atoms with E-state index in [1.807, 2.05) is 0 Å². The van der Waals surface area contributed by atoms with Gasteiger partial charge in [0.2, 0.25) is 0 Å². The fourth-order valence-electron chi connectivity index (χ4n) is 4.87. The van der Waals surface area contributed by atoms with Gasteiger partial charge in [0.1, 0.15) is 11.1 Å². The predicted molar refractivity (Wildman–Crippen MR) is 168 cm³/mol. The van der Waals surface area contributed by atoms with Crippen molar-refractivity contribution < 1.29 is 38.1 Å². The Labute approximate surface area is 284 Å². The zero-order chi connectivity index (χ0) is 32.7. The van der Waals surface area contributed by atoms with Gasteiger partial charge < -0.3 is 18.9 Å². The molecule has 0 heterocycles. The summed E-state index contributed by atoms with van der Waals surface area (Å²) in [4.78, 5) is 51.8. The molecule has 2 fully saturated rings. The molecular formula is C30H28Cl6O8. The first-order chi connectivity index (χ1) is 20.5. The van der Waals surface area contributed by atoms with Crippen LogP contribution in [0.5, 0.6) is 11.5 Å². The van der Waals surface area contributed by atoms with Gasteiger partial charge in [0.05, 0.1) is 43.3 Å². The lowest BCUT2D eigenvalue weighted by atomic mass is 10.0. The molecule has 0 amide bonds. The third-order valence-electron chi connectivity index (χ3n) is 8.63. The van der Waals surface area contributed by atoms with Crippen molar-refractivity contribution >= 4 is 93.5 Å². The van der Waals surface area contributed by atoms with E-state index >= 15 is 0 Å². The van der Waals surface area contributed by atoms with Crippen molar-refractivity contribution in [3.05, 3.63) is 53.4 Å². The third-order valence-corrected chi connectivity index (χ3v) is 10.8. The number of halogens is 6. The van der Waals surface area contributed by atoms with Crippen molar-refractivity contribution in [3.63, 3.8) is 0 Å². The monoisotopic (exact) mass is 726 g/mol. The molecule has 2 saturated carbocycles. The van der Waals surface area contributed by atoms with Gasteiger partial charge in [0.25, 0.3) is 0 Å². The van der Waals surface area contributed by atoms with Gasteiger partial charge in [-0.25, -0.2) is 19.2 Å². The normalized spacial score (nSPS) is 23.5. The topological polar surface area (TPSA) is 105 Å². The van der Waals surface area contributed by atoms with Gasteiger partial charge in [0.15, 0.2) is 11.5 Å². The number of hydrogen-bond acceptors (Lipinski definition) is 8. The Morgan fingerprint density at radius 1 is 0.659 bits per heavy atom. The van der Waals surface area contributed by atoms with Crippen LogP contribution in [0.2, 0.25) is 30.1 Å². The summed E-state index contributed by atoms with van der Waals surface area (Å²) in [5.41, 5.74) is -0.815. The number of ether oxygens (including phenoxy) is 4. The Kier molecular flexibility index (Phi) is 10.7. The van der Waals surface area contributed by atoms with E-state index in [-0.39, 0.29) is 54.2 Å². The standard InChI is InChI=1S/C30H28Cl6O8/c1-13-11-29(13,3)5-7-41-25(37)19-21(35)15(31)9-17(33)23(19)43-27(39)28(40)44-24-18(34)10-16(32)22(36)20(24)26(38)42-8-6-30(4)12-14(30)2/h9-10,13-14H,5-8,11-12H2,1-4H3. The molecule has 2 aliphatic carbocycles. The highest BCUT2D eigenvalue weighted by Crippen LogP contribution is 2.55. The number of rotatable bonds is 10. The Morgan fingerprint density at radius 3 is 1.27 bits per heavy atom. The van der Waals surface area contributed by atoms with Gasteiger partial charge >= 0.3 is 23.9 Å². The zero-order valence-corrected chi connectivity index (χ0v) is 28.6. The summed E-state index contributed by atoms with van der Waals surface area (Å²) in [7, 11) is 0. The summed E-state index contributed by atoms with van der Waals surface area (Å²) in [5, 5.41) is -1.49. The molecule has 238 valence electrons. The average Bonchev–Trinajstić information content (AvgIpc) is 3.76. The lowest BCUT2D eigenvalue weighted by Crippen LogP contribution is -2.27. The van der Waals surface area contributed by atoms with Crippen molar-refractivity contribution in [2.24, 2.45) is 22.7 Å². The van der Waals surface area contributed by atoms with Crippen LogP contribution >= 0.6 is 69.6 Å². The summed E-state index contributed by atoms with van der Waals surface area (Å²) in [6.07, 6.45) is 3.20. The largest absolute Gasteiger partial charge is 0.462 e. The van der Waals surface area contributed by atoms with Crippen LogP contribution in [0.25, 0.3) is 0 Å². The van der Waals surface area contributed by atoms with Crippen LogP contribution in [0.15, 0.2) is 12.1 Å². The van der Waals surface area contributed by atoms with E-state index in [2.05, 4.69) is 27.7 Å². The minimum absolute atomic E-state index is 0.0557. The Hall–Kier alpha value is -1.94. The second kappa shape index (κ2) is 13.4. The molecule has 8 nitrogen and oxygen atoms in total. The molecule has 0 aromatic heterocycles. The van der Waals surface area contributed by atoms with Gasteiger partial charge in [-0.15, -0.1) is 0 Å². The van der Waals surface area contributed by atoms with E-state index in [1.54, 1.807) is 0 Å². The predicted octanol–water partition coefficient (Wildman–Crippen LogP) is 9.30. The van der Waals surface area contributed by atoms with E-state index < -0.39 is 46.5 Å². The number of carbonyl (C=O) groups excluding carboxylic acids is 4. The van der Waals surface area contributed by atoms with Crippen molar-refractivity contribution in [1.29, 1.82) is 0 Å². The van der Waals surface area contributed by atoms with Crippen molar-refractivity contribution in [3.8, 4) is 11.5 Å². The second-order valence-electron chi connectivity index (χ2n) is 11.8. The van der Waals surface area contributed by atoms with E-state index in [0.717, 1.165) is 25.0 Å². The molecule has 0 aliphatic heterocycles. The SMILES string of the molecule is CC1CC1(C)CCOC(=O)c1c(Cl)c(Cl)cc(Cl)c1OC(=O)C(=O)Oc1c(Cl)cc(Cl)c(Cl)c1C(=O)OCCC1(C)CC1C. The smallest absolute Gasteiger partial charge is 0.423 e. The Balaban J connectivity index is 1.52. The molecule has 0 saturated heterocycles. The first kappa shape index (κ1) is 34.9. The fraction of sp³-hybridized carbons (Fsp3) is 0.467. The molecule has 0 N–H and O–H groups in total. The summed E-state index contributed by atoms with van der Waals surface area (Å²) in [6.45, 7) is 8.46. The van der Waals surface area contributed by atoms with Gasteiger partial charge in [0, 0.05) is 0 Å². The average molecular weight is 729 g/mol. The molecule has 4 atom stereocenters. The van der Waals surface area contributed by atoms with Crippen LogP contribution in [-0.2, 0) is 19.1 Å². The number of hydrogen-bond donors (Lipinski definition) is 0. The molecule has 0 spiro atoms. The highest BCUT2D eigenvalue weighted by atomic mass is 35.5. The van der Waals surface area contributed by atoms with Gasteiger partial charge in [-0.2, -0.15) is 0 Å². The Morgan fingerprint density at radius 2 is 0.977 bits per heavy atom. The maximum absolute atomic E-state index is 13.0. The summed E-state index contributed by atoms with van der Waals surface area (Å²) < 4.78 is 21.0. The molecule has 4 rings (SSSR count). The minimum atomic E-state index is -1.64. The summed E-state index contributed by atoms with van der Waals surface area (Å²) in [6, 6.07) is 2.24. The highest BCUT2D eigenvalue weighted by molar-refractivity contribution is 6.47. The van der Waals surface area contributed by atoms with Crippen LogP contribution in [-0.4, -0.2) is 37.1 Å². The molecular weight excluding hydrogens is 701 g/mol. The first-order valence-electron chi connectivity index (χ1n) is 13.6. The van der Waals surface area contributed by atoms with Crippen LogP contribution in [0, 0.1) is 22.7 Å². The number of carbonyl (C=O) groups is 4. The van der Waals surface area contributed by atoms with Crippen LogP contribution in [0.3, 0.4) is 0 Å². The molecule has 2 aromatic carbocycles. The molecule has 2 aliphatic rings. The van der Waals surface area contributed by atoms with Crippen LogP contribution < -0.4 is 9.47 Å². The van der Waals surface area contributed by atoms with Crippen LogP contribution in [0.4, 0.5) is 0 Å². The summed E-state index contributed by atoms with van der Waals surface area (Å²) >= 11 is 37.2. The van der Waals surface area contributed by atoms with Crippen molar-refractivity contribution in [1.82, 2.24) is 0 Å². The molecule has 0 bridgehead atoms. The first-order valence-corrected chi connectivity index (χ1v) is 15.9. The zero-order valence-electron chi connectivity index (χ0n) is 24.1. The summed E-state index contributed by atoms with van der Waals surface area (Å²) in [5.74, 6) is -5.41. The molecule has 2 aromatic rings. The van der Waals surface area contributed by atoms with E-state index in [0.29, 0.717) is 24.7 Å².